The summed E-state index contributed by atoms with van der Waals surface area (Å²) in [5.41, 5.74) is 14.3. The van der Waals surface area contributed by atoms with Crippen LogP contribution in [0.3, 0.4) is 0 Å². The zero-order valence-electron chi connectivity index (χ0n) is 11.6. The minimum absolute atomic E-state index is 0.449. The highest BCUT2D eigenvalue weighted by Crippen LogP contribution is 2.22. The van der Waals surface area contributed by atoms with Crippen LogP contribution in [0.25, 0.3) is 0 Å². The summed E-state index contributed by atoms with van der Waals surface area (Å²) in [6.45, 7) is 2.40. The van der Waals surface area contributed by atoms with E-state index in [1.54, 1.807) is 12.3 Å². The van der Waals surface area contributed by atoms with Gasteiger partial charge in [0.15, 0.2) is 0 Å². The number of carbonyl (C=O) groups is 1. The Kier molecular flexibility index (Phi) is 3.89. The summed E-state index contributed by atoms with van der Waals surface area (Å²) in [6, 6.07) is 9.39. The number of hydrogen-bond donors (Lipinski definition) is 2. The van der Waals surface area contributed by atoms with Gasteiger partial charge in [0.05, 0.1) is 5.56 Å². The molecule has 4 N–H and O–H groups in total. The molecule has 0 radical (unpaired) electrons. The summed E-state index contributed by atoms with van der Waals surface area (Å²) in [5, 5.41) is 0. The van der Waals surface area contributed by atoms with Gasteiger partial charge in [-0.2, -0.15) is 0 Å². The molecule has 20 heavy (non-hydrogen) atoms. The Morgan fingerprint density at radius 2 is 2.00 bits per heavy atom. The second-order valence-corrected chi connectivity index (χ2v) is 4.75. The number of pyridine rings is 1. The van der Waals surface area contributed by atoms with Crippen LogP contribution in [0.5, 0.6) is 0 Å². The molecule has 1 aromatic heterocycles. The molecule has 2 rings (SSSR count). The van der Waals surface area contributed by atoms with Crippen molar-refractivity contribution in [1.82, 2.24) is 4.98 Å². The Bertz CT molecular complexity index is 640. The quantitative estimate of drug-likeness (QED) is 0.828. The fourth-order valence-electron chi connectivity index (χ4n) is 2.15. The molecule has 0 fully saturated rings. The molecule has 0 atom stereocenters. The first-order valence-electron chi connectivity index (χ1n) is 6.30. The maximum Gasteiger partial charge on any atom is 0.252 e. The first-order chi connectivity index (χ1) is 9.50. The summed E-state index contributed by atoms with van der Waals surface area (Å²) < 4.78 is 0. The predicted octanol–water partition coefficient (Wildman–Crippen LogP) is 1.71. The second kappa shape index (κ2) is 5.61. The van der Waals surface area contributed by atoms with Gasteiger partial charge in [0.25, 0.3) is 5.91 Å². The van der Waals surface area contributed by atoms with Gasteiger partial charge in [-0.05, 0) is 30.2 Å². The Morgan fingerprint density at radius 3 is 2.65 bits per heavy atom. The van der Waals surface area contributed by atoms with E-state index in [0.29, 0.717) is 23.6 Å². The van der Waals surface area contributed by atoms with E-state index in [0.717, 1.165) is 11.1 Å². The maximum absolute atomic E-state index is 11.6. The molecule has 0 unspecified atom stereocenters. The SMILES string of the molecule is Cc1ccnc(N(C)Cc2ccccc2N)c1C(N)=O. The number of anilines is 2. The average Bonchev–Trinajstić information content (AvgIpc) is 2.40. The van der Waals surface area contributed by atoms with Crippen molar-refractivity contribution < 1.29 is 4.79 Å². The lowest BCUT2D eigenvalue weighted by atomic mass is 10.1. The minimum Gasteiger partial charge on any atom is -0.398 e. The highest BCUT2D eigenvalue weighted by Gasteiger charge is 2.16. The van der Waals surface area contributed by atoms with Gasteiger partial charge >= 0.3 is 0 Å². The van der Waals surface area contributed by atoms with Gasteiger partial charge in [-0.15, -0.1) is 0 Å². The van der Waals surface area contributed by atoms with Crippen molar-refractivity contribution >= 4 is 17.4 Å². The van der Waals surface area contributed by atoms with Crippen LogP contribution in [0.1, 0.15) is 21.5 Å². The number of nitrogens with zero attached hydrogens (tertiary/aromatic N) is 2. The highest BCUT2D eigenvalue weighted by molar-refractivity contribution is 5.99. The summed E-state index contributed by atoms with van der Waals surface area (Å²) in [6.07, 6.45) is 1.67. The molecule has 0 spiro atoms. The standard InChI is InChI=1S/C15H18N4O/c1-10-7-8-18-15(13(10)14(17)20)19(2)9-11-5-3-4-6-12(11)16/h3-8H,9,16H2,1-2H3,(H2,17,20). The zero-order valence-corrected chi connectivity index (χ0v) is 11.6. The van der Waals surface area contributed by atoms with Gasteiger partial charge in [0.1, 0.15) is 5.82 Å². The smallest absolute Gasteiger partial charge is 0.252 e. The third kappa shape index (κ3) is 2.71. The normalized spacial score (nSPS) is 10.3. The lowest BCUT2D eigenvalue weighted by molar-refractivity contribution is 0.1000. The number of amides is 1. The summed E-state index contributed by atoms with van der Waals surface area (Å²) in [4.78, 5) is 17.7. The van der Waals surface area contributed by atoms with E-state index in [9.17, 15) is 4.79 Å². The molecule has 5 heteroatoms. The highest BCUT2D eigenvalue weighted by atomic mass is 16.1. The van der Waals surface area contributed by atoms with Gasteiger partial charge in [-0.25, -0.2) is 4.98 Å². The van der Waals surface area contributed by atoms with Crippen molar-refractivity contribution in [2.75, 3.05) is 17.7 Å². The molecule has 0 saturated heterocycles. The van der Waals surface area contributed by atoms with E-state index < -0.39 is 5.91 Å². The van der Waals surface area contributed by atoms with Crippen LogP contribution in [-0.2, 0) is 6.54 Å². The van der Waals surface area contributed by atoms with Gasteiger partial charge in [-0.1, -0.05) is 18.2 Å². The van der Waals surface area contributed by atoms with Crippen molar-refractivity contribution in [3.05, 3.63) is 53.2 Å². The molecule has 1 amide bonds. The predicted molar refractivity (Wildman–Crippen MR) is 80.5 cm³/mol. The van der Waals surface area contributed by atoms with E-state index in [-0.39, 0.29) is 0 Å². The fourth-order valence-corrected chi connectivity index (χ4v) is 2.15. The summed E-state index contributed by atoms with van der Waals surface area (Å²) in [7, 11) is 1.86. The molecule has 0 aliphatic carbocycles. The van der Waals surface area contributed by atoms with Gasteiger partial charge in [-0.3, -0.25) is 4.79 Å². The maximum atomic E-state index is 11.6. The van der Waals surface area contributed by atoms with Gasteiger partial charge < -0.3 is 16.4 Å². The van der Waals surface area contributed by atoms with Crippen LogP contribution >= 0.6 is 0 Å². The molecular formula is C15H18N4O. The van der Waals surface area contributed by atoms with Gasteiger partial charge in [0, 0.05) is 25.5 Å². The zero-order chi connectivity index (χ0) is 14.7. The minimum atomic E-state index is -0.474. The van der Waals surface area contributed by atoms with E-state index >= 15 is 0 Å². The molecule has 0 aliphatic rings. The van der Waals surface area contributed by atoms with E-state index in [2.05, 4.69) is 4.98 Å². The monoisotopic (exact) mass is 270 g/mol. The van der Waals surface area contributed by atoms with Crippen molar-refractivity contribution in [3.8, 4) is 0 Å². The third-order valence-corrected chi connectivity index (χ3v) is 3.21. The lowest BCUT2D eigenvalue weighted by Gasteiger charge is -2.22. The number of para-hydroxylation sites is 1. The van der Waals surface area contributed by atoms with Crippen molar-refractivity contribution in [2.45, 2.75) is 13.5 Å². The summed E-state index contributed by atoms with van der Waals surface area (Å²) in [5.74, 6) is 0.0965. The topological polar surface area (TPSA) is 85.2 Å². The Balaban J connectivity index is 2.35. The van der Waals surface area contributed by atoms with Crippen molar-refractivity contribution in [1.29, 1.82) is 0 Å². The number of rotatable bonds is 4. The van der Waals surface area contributed by atoms with Crippen LogP contribution < -0.4 is 16.4 Å². The average molecular weight is 270 g/mol. The number of nitrogens with two attached hydrogens (primary N) is 2. The fraction of sp³-hybridized carbons (Fsp3) is 0.200. The molecule has 0 bridgehead atoms. The van der Waals surface area contributed by atoms with Crippen LogP contribution in [0.15, 0.2) is 36.5 Å². The van der Waals surface area contributed by atoms with Gasteiger partial charge in [0.2, 0.25) is 0 Å². The number of nitrogen functional groups attached to an aromatic ring is 1. The van der Waals surface area contributed by atoms with Crippen LogP contribution in [-0.4, -0.2) is 17.9 Å². The van der Waals surface area contributed by atoms with Crippen LogP contribution in [0.4, 0.5) is 11.5 Å². The number of aryl methyl sites for hydroxylation is 1. The van der Waals surface area contributed by atoms with E-state index in [1.807, 2.05) is 43.1 Å². The largest absolute Gasteiger partial charge is 0.398 e. The van der Waals surface area contributed by atoms with Crippen molar-refractivity contribution in [3.63, 3.8) is 0 Å². The summed E-state index contributed by atoms with van der Waals surface area (Å²) >= 11 is 0. The molecule has 0 saturated carbocycles. The van der Waals surface area contributed by atoms with Crippen molar-refractivity contribution in [2.24, 2.45) is 5.73 Å². The molecule has 5 nitrogen and oxygen atoms in total. The number of aromatic nitrogens is 1. The first kappa shape index (κ1) is 13.9. The second-order valence-electron chi connectivity index (χ2n) is 4.75. The first-order valence-corrected chi connectivity index (χ1v) is 6.30. The molecule has 1 aromatic carbocycles. The Labute approximate surface area is 118 Å². The Morgan fingerprint density at radius 1 is 1.30 bits per heavy atom. The molecule has 1 heterocycles. The van der Waals surface area contributed by atoms with Crippen LogP contribution in [0, 0.1) is 6.92 Å². The number of primary amides is 1. The lowest BCUT2D eigenvalue weighted by Crippen LogP contribution is -2.24. The third-order valence-electron chi connectivity index (χ3n) is 3.21. The molecule has 104 valence electrons. The van der Waals surface area contributed by atoms with E-state index in [1.165, 1.54) is 0 Å². The van der Waals surface area contributed by atoms with E-state index in [4.69, 9.17) is 11.5 Å². The number of benzene rings is 1. The van der Waals surface area contributed by atoms with Crippen LogP contribution in [0.2, 0.25) is 0 Å². The molecule has 2 aromatic rings. The molecule has 0 aliphatic heterocycles. The number of carbonyl (C=O) groups excluding carboxylic acids is 1. The Hall–Kier alpha value is -2.56. The number of hydrogen-bond acceptors (Lipinski definition) is 4. The molecular weight excluding hydrogens is 252 g/mol.